The lowest BCUT2D eigenvalue weighted by Gasteiger charge is -2.00. The maximum atomic E-state index is 11.3. The standard InChI is InChI=1S/C11H12N2O3/c1-5-4-7(15-3)13-11-8(5)9(12)10(16-11)6(2)14/h4H,12H2,1-3H3. The van der Waals surface area contributed by atoms with Crippen LogP contribution in [0.15, 0.2) is 10.5 Å². The van der Waals surface area contributed by atoms with Crippen LogP contribution in [0.2, 0.25) is 0 Å². The molecule has 0 aromatic carbocycles. The number of fused-ring (bicyclic) bond motifs is 1. The molecule has 0 saturated carbocycles. The Morgan fingerprint density at radius 2 is 2.25 bits per heavy atom. The van der Waals surface area contributed by atoms with E-state index in [4.69, 9.17) is 14.9 Å². The number of furan rings is 1. The number of Topliss-reactive ketones (excluding diaryl/α,β-unsaturated/α-hetero) is 1. The number of nitrogens with two attached hydrogens (primary N) is 1. The number of ketones is 1. The van der Waals surface area contributed by atoms with Gasteiger partial charge in [-0.2, -0.15) is 4.98 Å². The van der Waals surface area contributed by atoms with E-state index in [0.717, 1.165) is 5.56 Å². The molecule has 0 unspecified atom stereocenters. The minimum atomic E-state index is -0.214. The molecule has 0 aliphatic heterocycles. The van der Waals surface area contributed by atoms with E-state index in [1.807, 2.05) is 6.92 Å². The first-order chi connectivity index (χ1) is 7.54. The molecule has 0 bridgehead atoms. The zero-order valence-electron chi connectivity index (χ0n) is 9.33. The SMILES string of the molecule is COc1cc(C)c2c(N)c(C(C)=O)oc2n1. The van der Waals surface area contributed by atoms with Crippen molar-refractivity contribution in [1.29, 1.82) is 0 Å². The summed E-state index contributed by atoms with van der Waals surface area (Å²) in [5.74, 6) is 0.376. The van der Waals surface area contributed by atoms with Crippen molar-refractivity contribution in [2.45, 2.75) is 13.8 Å². The van der Waals surface area contributed by atoms with E-state index in [9.17, 15) is 4.79 Å². The number of carbonyl (C=O) groups excluding carboxylic acids is 1. The molecule has 5 nitrogen and oxygen atoms in total. The van der Waals surface area contributed by atoms with Crippen LogP contribution in [0.4, 0.5) is 5.69 Å². The average Bonchev–Trinajstić information content (AvgIpc) is 2.56. The summed E-state index contributed by atoms with van der Waals surface area (Å²) in [6, 6.07) is 1.75. The number of ether oxygens (including phenoxy) is 1. The van der Waals surface area contributed by atoms with Crippen LogP contribution < -0.4 is 10.5 Å². The number of hydrogen-bond donors (Lipinski definition) is 1. The summed E-state index contributed by atoms with van der Waals surface area (Å²) in [7, 11) is 1.52. The summed E-state index contributed by atoms with van der Waals surface area (Å²) in [4.78, 5) is 15.4. The Morgan fingerprint density at radius 1 is 1.56 bits per heavy atom. The average molecular weight is 220 g/mol. The zero-order valence-corrected chi connectivity index (χ0v) is 9.33. The predicted octanol–water partition coefficient (Wildman–Crippen LogP) is 1.93. The second-order valence-electron chi connectivity index (χ2n) is 3.56. The number of aromatic nitrogens is 1. The van der Waals surface area contributed by atoms with E-state index >= 15 is 0 Å². The Morgan fingerprint density at radius 3 is 2.81 bits per heavy atom. The second kappa shape index (κ2) is 3.52. The Balaban J connectivity index is 2.80. The van der Waals surface area contributed by atoms with Crippen LogP contribution in [0.5, 0.6) is 5.88 Å². The minimum absolute atomic E-state index is 0.152. The van der Waals surface area contributed by atoms with Crippen molar-refractivity contribution < 1.29 is 13.9 Å². The number of nitrogen functional groups attached to an aromatic ring is 1. The van der Waals surface area contributed by atoms with E-state index in [2.05, 4.69) is 4.98 Å². The van der Waals surface area contributed by atoms with Gasteiger partial charge < -0.3 is 14.9 Å². The van der Waals surface area contributed by atoms with E-state index in [1.54, 1.807) is 6.07 Å². The number of nitrogens with zero attached hydrogens (tertiary/aromatic N) is 1. The lowest BCUT2D eigenvalue weighted by Crippen LogP contribution is -1.95. The summed E-state index contributed by atoms with van der Waals surface area (Å²) in [6.45, 7) is 3.27. The van der Waals surface area contributed by atoms with Crippen LogP contribution in [0.25, 0.3) is 11.1 Å². The largest absolute Gasteiger partial charge is 0.481 e. The van der Waals surface area contributed by atoms with Crippen LogP contribution in [0.3, 0.4) is 0 Å². The van der Waals surface area contributed by atoms with Gasteiger partial charge in [-0.15, -0.1) is 0 Å². The summed E-state index contributed by atoms with van der Waals surface area (Å²) in [6.07, 6.45) is 0. The monoisotopic (exact) mass is 220 g/mol. The number of pyridine rings is 1. The van der Waals surface area contributed by atoms with Crippen molar-refractivity contribution in [3.63, 3.8) is 0 Å². The van der Waals surface area contributed by atoms with Crippen molar-refractivity contribution in [1.82, 2.24) is 4.98 Å². The van der Waals surface area contributed by atoms with Gasteiger partial charge in [0.15, 0.2) is 11.5 Å². The molecule has 0 aliphatic rings. The van der Waals surface area contributed by atoms with Gasteiger partial charge in [-0.3, -0.25) is 4.79 Å². The Bertz CT molecular complexity index is 572. The number of hydrogen-bond acceptors (Lipinski definition) is 5. The van der Waals surface area contributed by atoms with Gasteiger partial charge >= 0.3 is 0 Å². The third kappa shape index (κ3) is 1.41. The van der Waals surface area contributed by atoms with Gasteiger partial charge in [0.1, 0.15) is 0 Å². The Kier molecular flexibility index (Phi) is 2.30. The topological polar surface area (TPSA) is 78.4 Å². The molecule has 2 N–H and O–H groups in total. The molecule has 2 heterocycles. The molecule has 0 radical (unpaired) electrons. The highest BCUT2D eigenvalue weighted by atomic mass is 16.5. The number of anilines is 1. The first-order valence-corrected chi connectivity index (χ1v) is 4.79. The fraction of sp³-hybridized carbons (Fsp3) is 0.273. The third-order valence-corrected chi connectivity index (χ3v) is 2.40. The first-order valence-electron chi connectivity index (χ1n) is 4.79. The highest BCUT2D eigenvalue weighted by Gasteiger charge is 2.18. The van der Waals surface area contributed by atoms with Crippen LogP contribution in [0, 0.1) is 6.92 Å². The Hall–Kier alpha value is -2.04. The van der Waals surface area contributed by atoms with Gasteiger partial charge in [0.25, 0.3) is 0 Å². The summed E-state index contributed by atoms with van der Waals surface area (Å²) in [5, 5.41) is 0.672. The molecular formula is C11H12N2O3. The zero-order chi connectivity index (χ0) is 11.9. The quantitative estimate of drug-likeness (QED) is 0.782. The lowest BCUT2D eigenvalue weighted by molar-refractivity contribution is 0.0990. The number of rotatable bonds is 2. The van der Waals surface area contributed by atoms with Crippen molar-refractivity contribution in [2.24, 2.45) is 0 Å². The normalized spacial score (nSPS) is 10.7. The molecule has 0 atom stereocenters. The summed E-state index contributed by atoms with van der Waals surface area (Å²) < 4.78 is 10.3. The maximum absolute atomic E-state index is 11.3. The molecule has 2 aromatic rings. The van der Waals surface area contributed by atoms with Crippen molar-refractivity contribution in [3.8, 4) is 5.88 Å². The fourth-order valence-corrected chi connectivity index (χ4v) is 1.65. The number of methoxy groups -OCH3 is 1. The number of aryl methyl sites for hydroxylation is 1. The molecule has 0 fully saturated rings. The highest BCUT2D eigenvalue weighted by Crippen LogP contribution is 2.31. The molecule has 0 saturated heterocycles. The Labute approximate surface area is 92.2 Å². The molecule has 84 valence electrons. The molecule has 0 spiro atoms. The van der Waals surface area contributed by atoms with Crippen molar-refractivity contribution in [3.05, 3.63) is 17.4 Å². The van der Waals surface area contributed by atoms with E-state index < -0.39 is 0 Å². The van der Waals surface area contributed by atoms with Crippen LogP contribution in [0.1, 0.15) is 23.0 Å². The molecule has 0 amide bonds. The van der Waals surface area contributed by atoms with Crippen molar-refractivity contribution in [2.75, 3.05) is 12.8 Å². The van der Waals surface area contributed by atoms with Gasteiger partial charge in [0.2, 0.25) is 11.6 Å². The predicted molar refractivity (Wildman–Crippen MR) is 59.7 cm³/mol. The van der Waals surface area contributed by atoms with E-state index in [0.29, 0.717) is 22.7 Å². The fourth-order valence-electron chi connectivity index (χ4n) is 1.65. The smallest absolute Gasteiger partial charge is 0.232 e. The molecular weight excluding hydrogens is 208 g/mol. The van der Waals surface area contributed by atoms with Crippen LogP contribution in [-0.2, 0) is 0 Å². The minimum Gasteiger partial charge on any atom is -0.481 e. The summed E-state index contributed by atoms with van der Waals surface area (Å²) >= 11 is 0. The third-order valence-electron chi connectivity index (χ3n) is 2.40. The summed E-state index contributed by atoms with van der Waals surface area (Å²) in [5.41, 5.74) is 7.38. The lowest BCUT2D eigenvalue weighted by atomic mass is 10.1. The van der Waals surface area contributed by atoms with Gasteiger partial charge in [0.05, 0.1) is 18.2 Å². The maximum Gasteiger partial charge on any atom is 0.232 e. The van der Waals surface area contributed by atoms with Gasteiger partial charge in [-0.25, -0.2) is 0 Å². The molecule has 2 aromatic heterocycles. The first kappa shape index (κ1) is 10.5. The van der Waals surface area contributed by atoms with Gasteiger partial charge in [0, 0.05) is 13.0 Å². The molecule has 2 rings (SSSR count). The number of carbonyl (C=O) groups is 1. The molecule has 0 aliphatic carbocycles. The van der Waals surface area contributed by atoms with E-state index in [-0.39, 0.29) is 11.5 Å². The molecule has 16 heavy (non-hydrogen) atoms. The van der Waals surface area contributed by atoms with Gasteiger partial charge in [-0.05, 0) is 12.5 Å². The molecule has 5 heteroatoms. The second-order valence-corrected chi connectivity index (χ2v) is 3.56. The van der Waals surface area contributed by atoms with Crippen LogP contribution >= 0.6 is 0 Å². The van der Waals surface area contributed by atoms with Gasteiger partial charge in [-0.1, -0.05) is 0 Å². The van der Waals surface area contributed by atoms with Crippen LogP contribution in [-0.4, -0.2) is 17.9 Å². The van der Waals surface area contributed by atoms with E-state index in [1.165, 1.54) is 14.0 Å². The highest BCUT2D eigenvalue weighted by molar-refractivity contribution is 6.05. The van der Waals surface area contributed by atoms with Crippen molar-refractivity contribution >= 4 is 22.6 Å².